The van der Waals surface area contributed by atoms with E-state index >= 15 is 0 Å². The quantitative estimate of drug-likeness (QED) is 0.370. The van der Waals surface area contributed by atoms with Crippen LogP contribution in [0.3, 0.4) is 0 Å². The highest BCUT2D eigenvalue weighted by Gasteiger charge is 2.65. The number of anilines is 1. The SMILES string of the molecule is Nc1c2c(C(F)(F)F)cc(C(F)(F)F)nc2nn1-c1ccc(S(F)(F)(F)(F)F)cc1Cl. The van der Waals surface area contributed by atoms with Crippen molar-refractivity contribution >= 4 is 38.7 Å². The number of nitrogens with zero attached hydrogens (tertiary/aromatic N) is 3. The van der Waals surface area contributed by atoms with Gasteiger partial charge in [0.15, 0.2) is 5.65 Å². The number of nitrogen functional groups attached to an aromatic ring is 1. The van der Waals surface area contributed by atoms with Gasteiger partial charge in [-0.05, 0) is 24.3 Å². The van der Waals surface area contributed by atoms with Crippen molar-refractivity contribution in [2.75, 3.05) is 5.73 Å². The molecule has 0 spiro atoms. The van der Waals surface area contributed by atoms with Gasteiger partial charge in [0, 0.05) is 0 Å². The van der Waals surface area contributed by atoms with Gasteiger partial charge < -0.3 is 5.73 Å². The second kappa shape index (κ2) is 5.85. The molecule has 3 aromatic rings. The maximum Gasteiger partial charge on any atom is 0.433 e. The first kappa shape index (κ1) is 23.2. The summed E-state index contributed by atoms with van der Waals surface area (Å²) in [7, 11) is -10.1. The Morgan fingerprint density at radius 2 is 1.48 bits per heavy atom. The minimum atomic E-state index is -10.1. The molecule has 4 nitrogen and oxygen atoms in total. The standard InChI is InChI=1S/C14H6ClF11N4S/c15-7-3-5(31(22,23,24,25)26)1-2-8(7)30-11(27)10-6(13(16,17)18)4-9(14(19,20)21)28-12(10)29-30/h1-4H,27H2. The Balaban J connectivity index is 2.32. The lowest BCUT2D eigenvalue weighted by atomic mass is 10.1. The molecule has 0 aliphatic rings. The lowest BCUT2D eigenvalue weighted by molar-refractivity contribution is -0.144. The maximum atomic E-state index is 13.3. The first-order chi connectivity index (χ1) is 13.6. The summed E-state index contributed by atoms with van der Waals surface area (Å²) in [6.45, 7) is 0. The molecule has 0 amide bonds. The van der Waals surface area contributed by atoms with E-state index in [0.717, 1.165) is 0 Å². The van der Waals surface area contributed by atoms with E-state index in [9.17, 15) is 45.8 Å². The average molecular weight is 507 g/mol. The third-order valence-electron chi connectivity index (χ3n) is 3.87. The molecule has 2 aromatic heterocycles. The summed E-state index contributed by atoms with van der Waals surface area (Å²) >= 11 is 5.57. The summed E-state index contributed by atoms with van der Waals surface area (Å²) in [5.41, 5.74) is -0.146. The number of pyridine rings is 1. The summed E-state index contributed by atoms with van der Waals surface area (Å²) < 4.78 is 143. The van der Waals surface area contributed by atoms with Gasteiger partial charge in [-0.3, -0.25) is 0 Å². The molecule has 17 heteroatoms. The molecule has 2 heterocycles. The summed E-state index contributed by atoms with van der Waals surface area (Å²) in [6, 6.07) is -0.309. The Kier molecular flexibility index (Phi) is 4.37. The molecule has 0 saturated heterocycles. The fourth-order valence-electron chi connectivity index (χ4n) is 2.56. The lowest BCUT2D eigenvalue weighted by Crippen LogP contribution is -2.13. The van der Waals surface area contributed by atoms with Crippen LogP contribution in [-0.2, 0) is 12.4 Å². The average Bonchev–Trinajstić information content (AvgIpc) is 2.87. The summed E-state index contributed by atoms with van der Waals surface area (Å²) in [5.74, 6) is -0.981. The minimum absolute atomic E-state index is 0.117. The van der Waals surface area contributed by atoms with Crippen LogP contribution in [0.4, 0.5) is 51.6 Å². The lowest BCUT2D eigenvalue weighted by Gasteiger charge is -2.40. The van der Waals surface area contributed by atoms with E-state index in [-0.39, 0.29) is 22.9 Å². The fraction of sp³-hybridized carbons (Fsp3) is 0.143. The Morgan fingerprint density at radius 1 is 0.903 bits per heavy atom. The highest BCUT2D eigenvalue weighted by molar-refractivity contribution is 8.45. The largest absolute Gasteiger partial charge is 0.433 e. The van der Waals surface area contributed by atoms with Crippen molar-refractivity contribution in [1.29, 1.82) is 0 Å². The van der Waals surface area contributed by atoms with Crippen LogP contribution >= 0.6 is 21.8 Å². The van der Waals surface area contributed by atoms with Gasteiger partial charge in [0.25, 0.3) is 0 Å². The van der Waals surface area contributed by atoms with Crippen LogP contribution in [0.1, 0.15) is 11.3 Å². The summed E-state index contributed by atoms with van der Waals surface area (Å²) in [6.07, 6.45) is -10.6. The molecule has 0 saturated carbocycles. The Bertz CT molecular complexity index is 1210. The number of benzene rings is 1. The molecule has 0 atom stereocenters. The van der Waals surface area contributed by atoms with Gasteiger partial charge in [-0.15, -0.1) is 5.10 Å². The van der Waals surface area contributed by atoms with Crippen molar-refractivity contribution in [2.45, 2.75) is 17.2 Å². The zero-order valence-electron chi connectivity index (χ0n) is 14.2. The van der Waals surface area contributed by atoms with Gasteiger partial charge in [-0.1, -0.05) is 31.0 Å². The van der Waals surface area contributed by atoms with Crippen LogP contribution in [0.2, 0.25) is 5.02 Å². The van der Waals surface area contributed by atoms with Crippen LogP contribution < -0.4 is 5.73 Å². The number of rotatable bonds is 2. The summed E-state index contributed by atoms with van der Waals surface area (Å²) in [5, 5.41) is 1.21. The van der Waals surface area contributed by atoms with Crippen molar-refractivity contribution < 1.29 is 45.8 Å². The molecule has 2 N–H and O–H groups in total. The van der Waals surface area contributed by atoms with E-state index in [4.69, 9.17) is 17.3 Å². The number of nitrogens with two attached hydrogens (primary N) is 1. The number of aromatic nitrogens is 3. The number of halogens is 12. The Labute approximate surface area is 169 Å². The molecular weight excluding hydrogens is 501 g/mol. The van der Waals surface area contributed by atoms with Gasteiger partial charge in [0.1, 0.15) is 16.4 Å². The van der Waals surface area contributed by atoms with Crippen LogP contribution in [-0.4, -0.2) is 14.8 Å². The topological polar surface area (TPSA) is 56.7 Å². The molecule has 0 radical (unpaired) electrons. The van der Waals surface area contributed by atoms with Gasteiger partial charge >= 0.3 is 22.6 Å². The molecule has 1 aromatic carbocycles. The Morgan fingerprint density at radius 3 is 1.94 bits per heavy atom. The van der Waals surface area contributed by atoms with Crippen molar-refractivity contribution in [3.63, 3.8) is 0 Å². The van der Waals surface area contributed by atoms with Crippen molar-refractivity contribution in [3.05, 3.63) is 40.5 Å². The van der Waals surface area contributed by atoms with Crippen molar-refractivity contribution in [2.24, 2.45) is 0 Å². The van der Waals surface area contributed by atoms with E-state index in [1.54, 1.807) is 0 Å². The Hall–Kier alpha value is -2.49. The molecule has 31 heavy (non-hydrogen) atoms. The number of hydrogen-bond donors (Lipinski definition) is 1. The molecule has 172 valence electrons. The monoisotopic (exact) mass is 506 g/mol. The first-order valence-electron chi connectivity index (χ1n) is 7.47. The van der Waals surface area contributed by atoms with Gasteiger partial charge in [0.05, 0.1) is 21.7 Å². The smallest absolute Gasteiger partial charge is 0.383 e. The van der Waals surface area contributed by atoms with Gasteiger partial charge in [0.2, 0.25) is 0 Å². The van der Waals surface area contributed by atoms with E-state index in [2.05, 4.69) is 10.1 Å². The van der Waals surface area contributed by atoms with Crippen LogP contribution in [0.5, 0.6) is 0 Å². The third kappa shape index (κ3) is 4.30. The van der Waals surface area contributed by atoms with Crippen LogP contribution in [0.25, 0.3) is 16.7 Å². The number of hydrogen-bond acceptors (Lipinski definition) is 3. The molecular formula is C14H6ClF11N4S. The van der Waals surface area contributed by atoms with E-state index in [1.165, 1.54) is 0 Å². The molecule has 0 aliphatic carbocycles. The summed E-state index contributed by atoms with van der Waals surface area (Å²) in [4.78, 5) is 0.557. The predicted molar refractivity (Wildman–Crippen MR) is 89.7 cm³/mol. The zero-order valence-corrected chi connectivity index (χ0v) is 15.7. The number of alkyl halides is 6. The minimum Gasteiger partial charge on any atom is -0.383 e. The zero-order chi connectivity index (χ0) is 23.8. The van der Waals surface area contributed by atoms with Crippen molar-refractivity contribution in [3.8, 4) is 5.69 Å². The third-order valence-corrected chi connectivity index (χ3v) is 5.32. The van der Waals surface area contributed by atoms with E-state index in [0.29, 0.717) is 6.07 Å². The maximum absolute atomic E-state index is 13.3. The molecule has 0 bridgehead atoms. The fourth-order valence-corrected chi connectivity index (χ4v) is 3.55. The number of fused-ring (bicyclic) bond motifs is 1. The van der Waals surface area contributed by atoms with Crippen LogP contribution in [0.15, 0.2) is 29.2 Å². The highest BCUT2D eigenvalue weighted by atomic mass is 35.5. The van der Waals surface area contributed by atoms with Crippen molar-refractivity contribution in [1.82, 2.24) is 14.8 Å². The normalized spacial score (nSPS) is 15.7. The van der Waals surface area contributed by atoms with E-state index in [1.807, 2.05) is 0 Å². The first-order valence-corrected chi connectivity index (χ1v) is 9.80. The predicted octanol–water partition coefficient (Wildman–Crippen LogP) is 7.35. The van der Waals surface area contributed by atoms with Crippen LogP contribution in [0, 0.1) is 0 Å². The van der Waals surface area contributed by atoms with Gasteiger partial charge in [-0.25, -0.2) is 9.67 Å². The highest BCUT2D eigenvalue weighted by Crippen LogP contribution is 3.02. The second-order valence-corrected chi connectivity index (χ2v) is 8.94. The molecule has 0 unspecified atom stereocenters. The second-order valence-electron chi connectivity index (χ2n) is 6.13. The molecule has 0 fully saturated rings. The van der Waals surface area contributed by atoms with E-state index < -0.39 is 66.3 Å². The van der Waals surface area contributed by atoms with Gasteiger partial charge in [-0.2, -0.15) is 26.3 Å². The molecule has 3 rings (SSSR count). The molecule has 0 aliphatic heterocycles.